The molecule has 1 N–H and O–H groups in total. The van der Waals surface area contributed by atoms with Crippen LogP contribution in [0.15, 0.2) is 24.3 Å². The second kappa shape index (κ2) is 5.66. The molecule has 0 aromatic heterocycles. The third-order valence-electron chi connectivity index (χ3n) is 2.71. The van der Waals surface area contributed by atoms with Gasteiger partial charge in [0.25, 0.3) is 0 Å². The molecule has 1 rings (SSSR count). The molecule has 1 unspecified atom stereocenters. The van der Waals surface area contributed by atoms with E-state index in [1.54, 1.807) is 31.4 Å². The predicted octanol–water partition coefficient (Wildman–Crippen LogP) is 2.14. The fourth-order valence-corrected chi connectivity index (χ4v) is 1.57. The molecule has 3 heteroatoms. The van der Waals surface area contributed by atoms with E-state index in [0.29, 0.717) is 5.56 Å². The second-order valence-corrected chi connectivity index (χ2v) is 4.13. The summed E-state index contributed by atoms with van der Waals surface area (Å²) in [7, 11) is 1.58. The first-order chi connectivity index (χ1) is 7.60. The molecule has 1 aromatic rings. The lowest BCUT2D eigenvalue weighted by Gasteiger charge is -2.16. The third kappa shape index (κ3) is 2.83. The van der Waals surface area contributed by atoms with Crippen LogP contribution in [0.25, 0.3) is 0 Å². The molecule has 0 aliphatic rings. The predicted molar refractivity (Wildman–Crippen MR) is 62.7 cm³/mol. The maximum atomic E-state index is 12.0. The van der Waals surface area contributed by atoms with Crippen LogP contribution in [0.4, 0.5) is 0 Å². The Kier molecular flexibility index (Phi) is 4.50. The highest BCUT2D eigenvalue weighted by Gasteiger charge is 2.22. The van der Waals surface area contributed by atoms with Gasteiger partial charge in [0.05, 0.1) is 13.7 Å². The Hall–Kier alpha value is -1.35. The van der Waals surface area contributed by atoms with Crippen LogP contribution in [0.3, 0.4) is 0 Å². The molecule has 88 valence electrons. The van der Waals surface area contributed by atoms with Crippen LogP contribution in [0.1, 0.15) is 24.2 Å². The fraction of sp³-hybridized carbons (Fsp3) is 0.462. The number of ether oxygens (including phenoxy) is 1. The summed E-state index contributed by atoms with van der Waals surface area (Å²) in [6, 6.07) is 6.96. The average Bonchev–Trinajstić information content (AvgIpc) is 2.29. The van der Waals surface area contributed by atoms with E-state index in [0.717, 1.165) is 5.75 Å². The van der Waals surface area contributed by atoms with E-state index in [2.05, 4.69) is 0 Å². The van der Waals surface area contributed by atoms with Gasteiger partial charge in [-0.05, 0) is 30.2 Å². The maximum absolute atomic E-state index is 12.0. The van der Waals surface area contributed by atoms with E-state index in [1.165, 1.54) is 0 Å². The molecule has 0 saturated heterocycles. The Morgan fingerprint density at radius 1 is 1.31 bits per heavy atom. The Labute approximate surface area is 96.1 Å². The van der Waals surface area contributed by atoms with Gasteiger partial charge in [-0.25, -0.2) is 0 Å². The van der Waals surface area contributed by atoms with E-state index < -0.39 is 0 Å². The number of methoxy groups -OCH3 is 1. The van der Waals surface area contributed by atoms with Crippen molar-refractivity contribution in [3.05, 3.63) is 29.8 Å². The summed E-state index contributed by atoms with van der Waals surface area (Å²) in [5.74, 6) is 0.523. The maximum Gasteiger partial charge on any atom is 0.168 e. The van der Waals surface area contributed by atoms with Crippen LogP contribution in [0.5, 0.6) is 5.75 Å². The highest BCUT2D eigenvalue weighted by Crippen LogP contribution is 2.19. The SMILES string of the molecule is COc1ccc(C(=O)C(CO)C(C)C)cc1. The van der Waals surface area contributed by atoms with Crippen molar-refractivity contribution in [1.29, 1.82) is 0 Å². The van der Waals surface area contributed by atoms with Gasteiger partial charge in [0.1, 0.15) is 5.75 Å². The van der Waals surface area contributed by atoms with Crippen molar-refractivity contribution in [3.63, 3.8) is 0 Å². The number of carbonyl (C=O) groups is 1. The molecule has 0 amide bonds. The first-order valence-electron chi connectivity index (χ1n) is 5.39. The van der Waals surface area contributed by atoms with Crippen molar-refractivity contribution >= 4 is 5.78 Å². The first-order valence-corrected chi connectivity index (χ1v) is 5.39. The van der Waals surface area contributed by atoms with Gasteiger partial charge in [0.2, 0.25) is 0 Å². The summed E-state index contributed by atoms with van der Waals surface area (Å²) in [6.07, 6.45) is 0. The lowest BCUT2D eigenvalue weighted by molar-refractivity contribution is 0.0807. The molecule has 0 saturated carbocycles. The van der Waals surface area contributed by atoms with Crippen LogP contribution in [0.2, 0.25) is 0 Å². The van der Waals surface area contributed by atoms with Gasteiger partial charge in [-0.15, -0.1) is 0 Å². The number of carbonyl (C=O) groups excluding carboxylic acids is 1. The number of aliphatic hydroxyl groups is 1. The van der Waals surface area contributed by atoms with E-state index >= 15 is 0 Å². The topological polar surface area (TPSA) is 46.5 Å². The lowest BCUT2D eigenvalue weighted by atomic mass is 9.89. The highest BCUT2D eigenvalue weighted by molar-refractivity contribution is 5.98. The van der Waals surface area contributed by atoms with Gasteiger partial charge in [-0.1, -0.05) is 13.8 Å². The number of benzene rings is 1. The molecule has 16 heavy (non-hydrogen) atoms. The summed E-state index contributed by atoms with van der Waals surface area (Å²) in [5.41, 5.74) is 0.619. The Balaban J connectivity index is 2.86. The van der Waals surface area contributed by atoms with Crippen LogP contribution in [0, 0.1) is 11.8 Å². The Morgan fingerprint density at radius 3 is 2.25 bits per heavy atom. The van der Waals surface area contributed by atoms with E-state index in [1.807, 2.05) is 13.8 Å². The van der Waals surface area contributed by atoms with Gasteiger partial charge < -0.3 is 9.84 Å². The fourth-order valence-electron chi connectivity index (χ4n) is 1.57. The second-order valence-electron chi connectivity index (χ2n) is 4.13. The minimum Gasteiger partial charge on any atom is -0.497 e. The number of Topliss-reactive ketones (excluding diaryl/α,β-unsaturated/α-hetero) is 1. The Morgan fingerprint density at radius 2 is 1.88 bits per heavy atom. The summed E-state index contributed by atoms with van der Waals surface area (Å²) in [5, 5.41) is 9.18. The van der Waals surface area contributed by atoms with Gasteiger partial charge >= 0.3 is 0 Å². The van der Waals surface area contributed by atoms with Crippen molar-refractivity contribution in [3.8, 4) is 5.75 Å². The molecule has 0 spiro atoms. The molecule has 0 fully saturated rings. The van der Waals surface area contributed by atoms with Gasteiger partial charge in [-0.3, -0.25) is 4.79 Å². The number of aliphatic hydroxyl groups excluding tert-OH is 1. The molecule has 1 atom stereocenters. The standard InChI is InChI=1S/C13H18O3/c1-9(2)12(8-14)13(15)10-4-6-11(16-3)7-5-10/h4-7,9,12,14H,8H2,1-3H3. The molecule has 0 heterocycles. The van der Waals surface area contributed by atoms with Crippen molar-refractivity contribution < 1.29 is 14.6 Å². The smallest absolute Gasteiger partial charge is 0.168 e. The van der Waals surface area contributed by atoms with E-state index in [9.17, 15) is 9.90 Å². The molecular weight excluding hydrogens is 204 g/mol. The molecule has 3 nitrogen and oxygen atoms in total. The van der Waals surface area contributed by atoms with Crippen molar-refractivity contribution in [1.82, 2.24) is 0 Å². The molecule has 0 aliphatic carbocycles. The molecule has 1 aromatic carbocycles. The van der Waals surface area contributed by atoms with Crippen LogP contribution < -0.4 is 4.74 Å². The van der Waals surface area contributed by atoms with E-state index in [4.69, 9.17) is 4.74 Å². The quantitative estimate of drug-likeness (QED) is 0.776. The first kappa shape index (κ1) is 12.7. The van der Waals surface area contributed by atoms with E-state index in [-0.39, 0.29) is 24.2 Å². The van der Waals surface area contributed by atoms with Crippen molar-refractivity contribution in [2.75, 3.05) is 13.7 Å². The number of ketones is 1. The highest BCUT2D eigenvalue weighted by atomic mass is 16.5. The van der Waals surface area contributed by atoms with Gasteiger partial charge in [-0.2, -0.15) is 0 Å². The molecular formula is C13H18O3. The van der Waals surface area contributed by atoms with Gasteiger partial charge in [0.15, 0.2) is 5.78 Å². The summed E-state index contributed by atoms with van der Waals surface area (Å²) >= 11 is 0. The minimum atomic E-state index is -0.326. The summed E-state index contributed by atoms with van der Waals surface area (Å²) in [4.78, 5) is 12.0. The molecule has 0 radical (unpaired) electrons. The lowest BCUT2D eigenvalue weighted by Crippen LogP contribution is -2.24. The van der Waals surface area contributed by atoms with Gasteiger partial charge in [0, 0.05) is 11.5 Å². The zero-order chi connectivity index (χ0) is 12.1. The van der Waals surface area contributed by atoms with Crippen molar-refractivity contribution in [2.45, 2.75) is 13.8 Å². The molecule has 0 bridgehead atoms. The summed E-state index contributed by atoms with van der Waals surface area (Å²) < 4.78 is 5.02. The van der Waals surface area contributed by atoms with Crippen LogP contribution in [-0.2, 0) is 0 Å². The minimum absolute atomic E-state index is 0.0137. The van der Waals surface area contributed by atoms with Crippen LogP contribution >= 0.6 is 0 Å². The number of hydrogen-bond acceptors (Lipinski definition) is 3. The average molecular weight is 222 g/mol. The third-order valence-corrected chi connectivity index (χ3v) is 2.71. The zero-order valence-electron chi connectivity index (χ0n) is 9.93. The number of rotatable bonds is 5. The Bertz CT molecular complexity index is 341. The largest absolute Gasteiger partial charge is 0.497 e. The normalized spacial score (nSPS) is 12.6. The van der Waals surface area contributed by atoms with Crippen molar-refractivity contribution in [2.24, 2.45) is 11.8 Å². The molecule has 0 aliphatic heterocycles. The van der Waals surface area contributed by atoms with Crippen LogP contribution in [-0.4, -0.2) is 24.6 Å². The number of hydrogen-bond donors (Lipinski definition) is 1. The monoisotopic (exact) mass is 222 g/mol. The zero-order valence-corrected chi connectivity index (χ0v) is 9.93. The summed E-state index contributed by atoms with van der Waals surface area (Å²) in [6.45, 7) is 3.76.